The smallest absolute Gasteiger partial charge is 0.319 e. The lowest BCUT2D eigenvalue weighted by molar-refractivity contribution is 0.122. The molecular formula is C18H23FN6O2. The van der Waals surface area contributed by atoms with Gasteiger partial charge in [-0.1, -0.05) is 0 Å². The Bertz CT molecular complexity index is 765. The summed E-state index contributed by atoms with van der Waals surface area (Å²) in [5, 5.41) is 8.56. The number of nitrogens with one attached hydrogen (secondary N) is 3. The monoisotopic (exact) mass is 374 g/mol. The Morgan fingerprint density at radius 2 is 1.93 bits per heavy atom. The number of ether oxygens (including phenoxy) is 1. The van der Waals surface area contributed by atoms with Crippen LogP contribution in [-0.4, -0.2) is 55.4 Å². The summed E-state index contributed by atoms with van der Waals surface area (Å²) >= 11 is 0. The summed E-state index contributed by atoms with van der Waals surface area (Å²) in [5.74, 6) is 1.92. The van der Waals surface area contributed by atoms with Crippen LogP contribution >= 0.6 is 0 Å². The molecule has 144 valence electrons. The fraction of sp³-hybridized carbons (Fsp3) is 0.389. The van der Waals surface area contributed by atoms with Gasteiger partial charge in [0.05, 0.1) is 13.2 Å². The van der Waals surface area contributed by atoms with Crippen molar-refractivity contribution in [3.63, 3.8) is 0 Å². The third-order valence-corrected chi connectivity index (χ3v) is 3.98. The van der Waals surface area contributed by atoms with E-state index in [1.165, 1.54) is 24.3 Å². The van der Waals surface area contributed by atoms with Crippen LogP contribution in [-0.2, 0) is 4.74 Å². The maximum absolute atomic E-state index is 12.9. The van der Waals surface area contributed by atoms with Crippen LogP contribution in [0.2, 0.25) is 0 Å². The van der Waals surface area contributed by atoms with Gasteiger partial charge in [0.2, 0.25) is 0 Å². The van der Waals surface area contributed by atoms with E-state index in [1.54, 1.807) is 0 Å². The molecule has 2 heterocycles. The van der Waals surface area contributed by atoms with Crippen molar-refractivity contribution in [3.8, 4) is 0 Å². The van der Waals surface area contributed by atoms with E-state index in [0.717, 1.165) is 18.9 Å². The molecule has 1 aromatic heterocycles. The van der Waals surface area contributed by atoms with Crippen LogP contribution < -0.4 is 20.9 Å². The number of morpholine rings is 1. The first-order chi connectivity index (χ1) is 13.1. The van der Waals surface area contributed by atoms with Crippen LogP contribution in [0.3, 0.4) is 0 Å². The molecule has 0 unspecified atom stereocenters. The first-order valence-electron chi connectivity index (χ1n) is 8.83. The van der Waals surface area contributed by atoms with Crippen molar-refractivity contribution >= 4 is 23.4 Å². The Morgan fingerprint density at radius 3 is 2.67 bits per heavy atom. The average Bonchev–Trinajstić information content (AvgIpc) is 2.67. The summed E-state index contributed by atoms with van der Waals surface area (Å²) < 4.78 is 18.2. The zero-order chi connectivity index (χ0) is 19.1. The van der Waals surface area contributed by atoms with Crippen molar-refractivity contribution in [2.45, 2.75) is 6.92 Å². The SMILES string of the molecule is Cc1nc(NCCNC(=O)Nc2ccc(F)cc2)cc(N2CCOCC2)n1. The number of halogens is 1. The molecule has 0 radical (unpaired) electrons. The van der Waals surface area contributed by atoms with E-state index in [4.69, 9.17) is 4.74 Å². The molecule has 0 spiro atoms. The van der Waals surface area contributed by atoms with Crippen LogP contribution in [0, 0.1) is 12.7 Å². The molecule has 1 aromatic carbocycles. The van der Waals surface area contributed by atoms with E-state index in [1.807, 2.05) is 13.0 Å². The lowest BCUT2D eigenvalue weighted by Gasteiger charge is -2.28. The van der Waals surface area contributed by atoms with Crippen LogP contribution in [0.1, 0.15) is 5.82 Å². The zero-order valence-electron chi connectivity index (χ0n) is 15.2. The maximum atomic E-state index is 12.9. The number of aromatic nitrogens is 2. The molecule has 9 heteroatoms. The summed E-state index contributed by atoms with van der Waals surface area (Å²) in [6.07, 6.45) is 0. The van der Waals surface area contributed by atoms with Crippen LogP contribution in [0.15, 0.2) is 30.3 Å². The number of carbonyl (C=O) groups is 1. The van der Waals surface area contributed by atoms with E-state index >= 15 is 0 Å². The number of carbonyl (C=O) groups excluding carboxylic acids is 1. The van der Waals surface area contributed by atoms with Gasteiger partial charge in [-0.15, -0.1) is 0 Å². The molecule has 8 nitrogen and oxygen atoms in total. The maximum Gasteiger partial charge on any atom is 0.319 e. The van der Waals surface area contributed by atoms with Gasteiger partial charge >= 0.3 is 6.03 Å². The van der Waals surface area contributed by atoms with Crippen LogP contribution in [0.4, 0.5) is 26.5 Å². The third kappa shape index (κ3) is 5.78. The Hall–Kier alpha value is -2.94. The number of amides is 2. The first kappa shape index (κ1) is 18.8. The molecule has 1 fully saturated rings. The lowest BCUT2D eigenvalue weighted by Crippen LogP contribution is -2.37. The van der Waals surface area contributed by atoms with E-state index in [-0.39, 0.29) is 11.8 Å². The van der Waals surface area contributed by atoms with Gasteiger partial charge in [-0.25, -0.2) is 19.2 Å². The standard InChI is InChI=1S/C18H23FN6O2/c1-13-22-16(12-17(23-13)25-8-10-27-11-9-25)20-6-7-21-18(26)24-15-4-2-14(19)3-5-15/h2-5,12H,6-11H2,1H3,(H,20,22,23)(H2,21,24,26). The molecule has 27 heavy (non-hydrogen) atoms. The number of nitrogens with zero attached hydrogens (tertiary/aromatic N) is 3. The number of hydrogen-bond acceptors (Lipinski definition) is 6. The Labute approximate surface area is 157 Å². The number of benzene rings is 1. The number of urea groups is 1. The molecule has 2 amide bonds. The first-order valence-corrected chi connectivity index (χ1v) is 8.83. The molecule has 1 saturated heterocycles. The van der Waals surface area contributed by atoms with Crippen molar-refractivity contribution in [1.29, 1.82) is 0 Å². The Morgan fingerprint density at radius 1 is 1.19 bits per heavy atom. The highest BCUT2D eigenvalue weighted by atomic mass is 19.1. The summed E-state index contributed by atoms with van der Waals surface area (Å²) in [6, 6.07) is 7.14. The predicted octanol–water partition coefficient (Wildman–Crippen LogP) is 1.99. The van der Waals surface area contributed by atoms with Crippen molar-refractivity contribution in [1.82, 2.24) is 15.3 Å². The van der Waals surface area contributed by atoms with Crippen LogP contribution in [0.5, 0.6) is 0 Å². The number of anilines is 3. The summed E-state index contributed by atoms with van der Waals surface area (Å²) in [6.45, 7) is 5.77. The van der Waals surface area contributed by atoms with Gasteiger partial charge in [-0.05, 0) is 31.2 Å². The molecule has 2 aromatic rings. The van der Waals surface area contributed by atoms with Crippen molar-refractivity contribution < 1.29 is 13.9 Å². The molecule has 0 saturated carbocycles. The second-order valence-electron chi connectivity index (χ2n) is 6.07. The van der Waals surface area contributed by atoms with Crippen molar-refractivity contribution in [2.24, 2.45) is 0 Å². The molecule has 0 atom stereocenters. The molecule has 1 aliphatic heterocycles. The normalized spacial score (nSPS) is 13.9. The second kappa shape index (κ2) is 9.13. The highest BCUT2D eigenvalue weighted by Gasteiger charge is 2.14. The molecule has 3 N–H and O–H groups in total. The largest absolute Gasteiger partial charge is 0.378 e. The molecule has 0 bridgehead atoms. The quantitative estimate of drug-likeness (QED) is 0.670. The van der Waals surface area contributed by atoms with E-state index in [0.29, 0.717) is 43.6 Å². The highest BCUT2D eigenvalue weighted by molar-refractivity contribution is 5.89. The molecular weight excluding hydrogens is 351 g/mol. The molecule has 0 aliphatic carbocycles. The summed E-state index contributed by atoms with van der Waals surface area (Å²) in [4.78, 5) is 22.9. The van der Waals surface area contributed by atoms with Gasteiger partial charge in [0.1, 0.15) is 23.3 Å². The average molecular weight is 374 g/mol. The van der Waals surface area contributed by atoms with Crippen LogP contribution in [0.25, 0.3) is 0 Å². The van der Waals surface area contributed by atoms with E-state index in [9.17, 15) is 9.18 Å². The lowest BCUT2D eigenvalue weighted by atomic mass is 10.3. The van der Waals surface area contributed by atoms with E-state index in [2.05, 4.69) is 30.8 Å². The fourth-order valence-electron chi connectivity index (χ4n) is 2.67. The fourth-order valence-corrected chi connectivity index (χ4v) is 2.67. The topological polar surface area (TPSA) is 91.4 Å². The minimum Gasteiger partial charge on any atom is -0.378 e. The molecule has 3 rings (SSSR count). The van der Waals surface area contributed by atoms with Crippen molar-refractivity contribution in [3.05, 3.63) is 42.0 Å². The van der Waals surface area contributed by atoms with Gasteiger partial charge in [0.15, 0.2) is 0 Å². The predicted molar refractivity (Wildman–Crippen MR) is 102 cm³/mol. The van der Waals surface area contributed by atoms with Gasteiger partial charge in [0, 0.05) is 37.9 Å². The highest BCUT2D eigenvalue weighted by Crippen LogP contribution is 2.17. The number of hydrogen-bond donors (Lipinski definition) is 3. The minimum absolute atomic E-state index is 0.346. The minimum atomic E-state index is -0.351. The number of rotatable bonds is 6. The number of aryl methyl sites for hydroxylation is 1. The van der Waals surface area contributed by atoms with Gasteiger partial charge in [-0.2, -0.15) is 0 Å². The Balaban J connectivity index is 1.45. The van der Waals surface area contributed by atoms with Gasteiger partial charge in [0.25, 0.3) is 0 Å². The summed E-state index contributed by atoms with van der Waals surface area (Å²) in [7, 11) is 0. The van der Waals surface area contributed by atoms with Gasteiger partial charge < -0.3 is 25.6 Å². The van der Waals surface area contributed by atoms with Gasteiger partial charge in [-0.3, -0.25) is 0 Å². The third-order valence-electron chi connectivity index (χ3n) is 3.98. The zero-order valence-corrected chi connectivity index (χ0v) is 15.2. The molecule has 1 aliphatic rings. The van der Waals surface area contributed by atoms with E-state index < -0.39 is 0 Å². The Kier molecular flexibility index (Phi) is 6.37. The summed E-state index contributed by atoms with van der Waals surface area (Å²) in [5.41, 5.74) is 0.531. The second-order valence-corrected chi connectivity index (χ2v) is 6.07. The van der Waals surface area contributed by atoms with Crippen molar-refractivity contribution in [2.75, 3.05) is 54.9 Å².